The molecule has 0 aliphatic carbocycles. The van der Waals surface area contributed by atoms with Crippen LogP contribution in [0.15, 0.2) is 59.2 Å². The Hall–Kier alpha value is -3.52. The lowest BCUT2D eigenvalue weighted by atomic mass is 9.92. The van der Waals surface area contributed by atoms with Crippen LogP contribution in [-0.4, -0.2) is 19.7 Å². The van der Waals surface area contributed by atoms with Crippen molar-refractivity contribution in [2.75, 3.05) is 13.7 Å². The van der Waals surface area contributed by atoms with Crippen LogP contribution in [0.3, 0.4) is 0 Å². The summed E-state index contributed by atoms with van der Waals surface area (Å²) < 4.78 is 15.8. The first kappa shape index (κ1) is 17.3. The molecule has 0 unspecified atom stereocenters. The molecule has 3 aromatic rings. The Bertz CT molecular complexity index is 951. The van der Waals surface area contributed by atoms with E-state index < -0.39 is 5.97 Å². The molecule has 5 nitrogen and oxygen atoms in total. The van der Waals surface area contributed by atoms with Crippen molar-refractivity contribution in [2.24, 2.45) is 0 Å². The lowest BCUT2D eigenvalue weighted by Gasteiger charge is -2.12. The summed E-state index contributed by atoms with van der Waals surface area (Å²) in [4.78, 5) is 12.4. The SMILES string of the molecule is CCOC(=O)c1cc(-c2ccco2)cc(-c2ccc(OC)cc2)c1C#N. The molecule has 3 rings (SSSR count). The zero-order valence-electron chi connectivity index (χ0n) is 14.5. The number of rotatable bonds is 5. The number of ether oxygens (including phenoxy) is 2. The molecule has 0 bridgehead atoms. The number of hydrogen-bond acceptors (Lipinski definition) is 5. The van der Waals surface area contributed by atoms with Crippen LogP contribution in [0, 0.1) is 11.3 Å². The summed E-state index contributed by atoms with van der Waals surface area (Å²) in [7, 11) is 1.59. The summed E-state index contributed by atoms with van der Waals surface area (Å²) in [6.45, 7) is 1.96. The normalized spacial score (nSPS) is 10.2. The first-order valence-corrected chi connectivity index (χ1v) is 8.11. The third-order valence-electron chi connectivity index (χ3n) is 3.95. The zero-order chi connectivity index (χ0) is 18.5. The highest BCUT2D eigenvalue weighted by Crippen LogP contribution is 2.33. The summed E-state index contributed by atoms with van der Waals surface area (Å²) in [5.41, 5.74) is 2.61. The standard InChI is InChI=1S/C21H17NO4/c1-3-25-21(23)18-12-15(20-5-4-10-26-20)11-17(19(18)13-22)14-6-8-16(24-2)9-7-14/h4-12H,3H2,1-2H3. The molecule has 1 heterocycles. The fraction of sp³-hybridized carbons (Fsp3) is 0.143. The fourth-order valence-electron chi connectivity index (χ4n) is 2.72. The lowest BCUT2D eigenvalue weighted by molar-refractivity contribution is 0.0526. The van der Waals surface area contributed by atoms with Crippen molar-refractivity contribution in [1.82, 2.24) is 0 Å². The summed E-state index contributed by atoms with van der Waals surface area (Å²) in [5.74, 6) is 0.780. The summed E-state index contributed by atoms with van der Waals surface area (Å²) in [6.07, 6.45) is 1.56. The number of carbonyl (C=O) groups is 1. The molecule has 0 amide bonds. The van der Waals surface area contributed by atoms with Crippen LogP contribution in [0.2, 0.25) is 0 Å². The van der Waals surface area contributed by atoms with E-state index in [0.29, 0.717) is 22.6 Å². The molecule has 130 valence electrons. The van der Waals surface area contributed by atoms with Gasteiger partial charge < -0.3 is 13.9 Å². The van der Waals surface area contributed by atoms with Gasteiger partial charge in [-0.25, -0.2) is 4.79 Å². The molecule has 5 heteroatoms. The second kappa shape index (κ2) is 7.58. The fourth-order valence-corrected chi connectivity index (χ4v) is 2.72. The van der Waals surface area contributed by atoms with Gasteiger partial charge in [-0.3, -0.25) is 0 Å². The van der Waals surface area contributed by atoms with Gasteiger partial charge >= 0.3 is 5.97 Å². The van der Waals surface area contributed by atoms with E-state index in [2.05, 4.69) is 6.07 Å². The maximum Gasteiger partial charge on any atom is 0.339 e. The van der Waals surface area contributed by atoms with Crippen molar-refractivity contribution in [3.05, 3.63) is 65.9 Å². The minimum atomic E-state index is -0.535. The van der Waals surface area contributed by atoms with Gasteiger partial charge in [0.2, 0.25) is 0 Å². The minimum absolute atomic E-state index is 0.217. The van der Waals surface area contributed by atoms with Crippen LogP contribution < -0.4 is 4.74 Å². The van der Waals surface area contributed by atoms with Crippen LogP contribution in [0.4, 0.5) is 0 Å². The predicted molar refractivity (Wildman–Crippen MR) is 96.8 cm³/mol. The molecule has 0 saturated heterocycles. The third kappa shape index (κ3) is 3.31. The molecule has 2 aromatic carbocycles. The van der Waals surface area contributed by atoms with Gasteiger partial charge in [0.1, 0.15) is 17.6 Å². The number of methoxy groups -OCH3 is 1. The van der Waals surface area contributed by atoms with Gasteiger partial charge in [-0.2, -0.15) is 5.26 Å². The maximum absolute atomic E-state index is 12.4. The molecular weight excluding hydrogens is 330 g/mol. The van der Waals surface area contributed by atoms with Crippen molar-refractivity contribution in [1.29, 1.82) is 5.26 Å². The third-order valence-corrected chi connectivity index (χ3v) is 3.95. The molecular formula is C21H17NO4. The number of nitriles is 1. The zero-order valence-corrected chi connectivity index (χ0v) is 14.5. The van der Waals surface area contributed by atoms with Gasteiger partial charge in [-0.05, 0) is 48.9 Å². The molecule has 1 aromatic heterocycles. The summed E-state index contributed by atoms with van der Waals surface area (Å²) >= 11 is 0. The van der Waals surface area contributed by atoms with Gasteiger partial charge in [0.25, 0.3) is 0 Å². The Labute approximate surface area is 151 Å². The average Bonchev–Trinajstić information content (AvgIpc) is 3.22. The molecule has 0 aliphatic heterocycles. The van der Waals surface area contributed by atoms with Crippen LogP contribution in [0.1, 0.15) is 22.8 Å². The topological polar surface area (TPSA) is 72.5 Å². The van der Waals surface area contributed by atoms with Gasteiger partial charge in [-0.15, -0.1) is 0 Å². The molecule has 0 radical (unpaired) electrons. The Kier molecular flexibility index (Phi) is 5.04. The molecule has 0 saturated carbocycles. The maximum atomic E-state index is 12.4. The summed E-state index contributed by atoms with van der Waals surface area (Å²) in [5, 5.41) is 9.69. The predicted octanol–water partition coefficient (Wildman–Crippen LogP) is 4.67. The number of furan rings is 1. The van der Waals surface area contributed by atoms with Crippen molar-refractivity contribution < 1.29 is 18.7 Å². The Morgan fingerprint density at radius 3 is 2.50 bits per heavy atom. The van der Waals surface area contributed by atoms with E-state index in [1.807, 2.05) is 18.2 Å². The van der Waals surface area contributed by atoms with Gasteiger partial charge in [-0.1, -0.05) is 12.1 Å². The minimum Gasteiger partial charge on any atom is -0.497 e. The molecule has 0 spiro atoms. The van der Waals surface area contributed by atoms with Crippen molar-refractivity contribution in [3.63, 3.8) is 0 Å². The number of esters is 1. The van der Waals surface area contributed by atoms with E-state index in [9.17, 15) is 10.1 Å². The van der Waals surface area contributed by atoms with Gasteiger partial charge in [0.05, 0.1) is 31.1 Å². The lowest BCUT2D eigenvalue weighted by Crippen LogP contribution is -2.08. The van der Waals surface area contributed by atoms with Crippen molar-refractivity contribution in [3.8, 4) is 34.3 Å². The highest BCUT2D eigenvalue weighted by molar-refractivity contribution is 5.97. The second-order valence-corrected chi connectivity index (χ2v) is 5.48. The quantitative estimate of drug-likeness (QED) is 0.627. The van der Waals surface area contributed by atoms with E-state index in [0.717, 1.165) is 5.56 Å². The van der Waals surface area contributed by atoms with Gasteiger partial charge in [0, 0.05) is 11.1 Å². The number of benzene rings is 2. The van der Waals surface area contributed by atoms with Crippen LogP contribution in [0.25, 0.3) is 22.5 Å². The molecule has 0 aliphatic rings. The highest BCUT2D eigenvalue weighted by atomic mass is 16.5. The molecule has 26 heavy (non-hydrogen) atoms. The highest BCUT2D eigenvalue weighted by Gasteiger charge is 2.20. The Balaban J connectivity index is 2.23. The van der Waals surface area contributed by atoms with Crippen LogP contribution in [0.5, 0.6) is 5.75 Å². The summed E-state index contributed by atoms with van der Waals surface area (Å²) in [6, 6.07) is 16.5. The first-order chi connectivity index (χ1) is 12.7. The van der Waals surface area contributed by atoms with Crippen molar-refractivity contribution in [2.45, 2.75) is 6.92 Å². The van der Waals surface area contributed by atoms with Crippen LogP contribution in [-0.2, 0) is 4.74 Å². The number of nitrogens with zero attached hydrogens (tertiary/aromatic N) is 1. The monoisotopic (exact) mass is 347 g/mol. The number of carbonyl (C=O) groups excluding carboxylic acids is 1. The van der Waals surface area contributed by atoms with Crippen LogP contribution >= 0.6 is 0 Å². The second-order valence-electron chi connectivity index (χ2n) is 5.48. The average molecular weight is 347 g/mol. The Morgan fingerprint density at radius 2 is 1.92 bits per heavy atom. The van der Waals surface area contributed by atoms with Gasteiger partial charge in [0.15, 0.2) is 0 Å². The molecule has 0 fully saturated rings. The van der Waals surface area contributed by atoms with E-state index in [1.165, 1.54) is 0 Å². The smallest absolute Gasteiger partial charge is 0.339 e. The molecule has 0 atom stereocenters. The van der Waals surface area contributed by atoms with E-state index in [-0.39, 0.29) is 17.7 Å². The van der Waals surface area contributed by atoms with E-state index in [4.69, 9.17) is 13.9 Å². The largest absolute Gasteiger partial charge is 0.497 e. The Morgan fingerprint density at radius 1 is 1.15 bits per heavy atom. The molecule has 0 N–H and O–H groups in total. The first-order valence-electron chi connectivity index (χ1n) is 8.11. The van der Waals surface area contributed by atoms with E-state index in [1.54, 1.807) is 50.6 Å². The van der Waals surface area contributed by atoms with Crippen molar-refractivity contribution >= 4 is 5.97 Å². The number of hydrogen-bond donors (Lipinski definition) is 0. The van der Waals surface area contributed by atoms with E-state index >= 15 is 0 Å².